The van der Waals surface area contributed by atoms with Crippen LogP contribution in [0.3, 0.4) is 0 Å². The van der Waals surface area contributed by atoms with E-state index in [2.05, 4.69) is 299 Å². The van der Waals surface area contributed by atoms with Gasteiger partial charge in [-0.15, -0.1) is 53.1 Å². The van der Waals surface area contributed by atoms with E-state index in [0.717, 1.165) is 119 Å². The Bertz CT molecular complexity index is 6010. The van der Waals surface area contributed by atoms with Gasteiger partial charge in [0, 0.05) is 51.0 Å². The van der Waals surface area contributed by atoms with E-state index in [-0.39, 0.29) is 36.4 Å². The van der Waals surface area contributed by atoms with Crippen molar-refractivity contribution in [2.75, 3.05) is 0 Å². The van der Waals surface area contributed by atoms with E-state index < -0.39 is 0 Å². The number of hydrogen-bond acceptors (Lipinski definition) is 6. The number of para-hydroxylation sites is 3. The Morgan fingerprint density at radius 2 is 0.541 bits per heavy atom. The van der Waals surface area contributed by atoms with Gasteiger partial charge in [0.15, 0.2) is 0 Å². The zero-order chi connectivity index (χ0) is 73.3. The molecule has 0 saturated heterocycles. The Morgan fingerprint density at radius 1 is 0.284 bits per heavy atom. The van der Waals surface area contributed by atoms with Crippen molar-refractivity contribution in [2.24, 2.45) is 0 Å². The van der Waals surface area contributed by atoms with Crippen LogP contribution in [0.4, 0.5) is 0 Å². The summed E-state index contributed by atoms with van der Waals surface area (Å²) in [6, 6.07) is 101. The summed E-state index contributed by atoms with van der Waals surface area (Å²) in [5, 5.41) is 6.97. The van der Waals surface area contributed by atoms with Gasteiger partial charge >= 0.3 is 20.1 Å². The van der Waals surface area contributed by atoms with Gasteiger partial charge in [-0.05, 0) is 135 Å². The van der Waals surface area contributed by atoms with Crippen LogP contribution in [-0.2, 0) is 55.6 Å². The molecule has 12 aromatic carbocycles. The topological polar surface area (TPSA) is 78.1 Å². The van der Waals surface area contributed by atoms with Crippen LogP contribution in [0.25, 0.3) is 166 Å². The van der Waals surface area contributed by atoms with Crippen molar-refractivity contribution in [3.05, 3.63) is 342 Å². The fourth-order valence-corrected chi connectivity index (χ4v) is 18.3. The molecule has 0 spiro atoms. The van der Waals surface area contributed by atoms with Crippen molar-refractivity contribution in [2.45, 2.75) is 97.8 Å². The quantitative estimate of drug-likeness (QED) is 0.134. The number of benzene rings is 12. The molecule has 109 heavy (non-hydrogen) atoms. The fraction of sp³-hybridized carbons (Fsp3) is 0.147. The van der Waals surface area contributed by atoms with E-state index in [1.807, 2.05) is 55.0 Å². The van der Waals surface area contributed by atoms with Gasteiger partial charge in [0.25, 0.3) is 0 Å². The van der Waals surface area contributed by atoms with Crippen molar-refractivity contribution >= 4 is 65.8 Å². The van der Waals surface area contributed by atoms with Gasteiger partial charge in [-0.3, -0.25) is 0 Å². The van der Waals surface area contributed by atoms with E-state index in [4.69, 9.17) is 28.2 Å². The Balaban J connectivity index is 0.000000114. The van der Waals surface area contributed by atoms with Crippen molar-refractivity contribution in [3.63, 3.8) is 0 Å². The normalized spacial score (nSPS) is 13.6. The predicted octanol–water partition coefficient (Wildman–Crippen LogP) is 26.9. The van der Waals surface area contributed by atoms with E-state index in [9.17, 15) is 0 Å². The second-order valence-electron chi connectivity index (χ2n) is 30.5. The molecule has 0 saturated carbocycles. The minimum atomic E-state index is -0.0641. The number of nitrogens with zero attached hydrogens (tertiary/aromatic N) is 3. The van der Waals surface area contributed by atoms with Crippen molar-refractivity contribution in [1.29, 1.82) is 0 Å². The minimum absolute atomic E-state index is 0. The average Bonchev–Trinajstić information content (AvgIpc) is 1.58. The third-order valence-corrected chi connectivity index (χ3v) is 23.5. The van der Waals surface area contributed by atoms with E-state index in [1.165, 1.54) is 116 Å². The molecular weight excluding hydrogens is 1510 g/mol. The smallest absolute Gasteiger partial charge is 0.501 e. The van der Waals surface area contributed by atoms with Crippen molar-refractivity contribution in [1.82, 2.24) is 15.0 Å². The molecule has 0 N–H and O–H groups in total. The Morgan fingerprint density at radius 3 is 0.817 bits per heavy atom. The predicted molar refractivity (Wildman–Crippen MR) is 444 cm³/mol. The average molecular weight is 1590 g/mol. The largest absolute Gasteiger partial charge is 3.00 e. The first-order valence-corrected chi connectivity index (χ1v) is 37.9. The number of furan rings is 3. The monoisotopic (exact) mass is 1590 g/mol. The molecule has 0 aliphatic heterocycles. The summed E-state index contributed by atoms with van der Waals surface area (Å²) < 4.78 is 19.0. The van der Waals surface area contributed by atoms with Gasteiger partial charge in [-0.1, -0.05) is 333 Å². The molecule has 0 atom stereocenters. The number of hydrogen-bond donors (Lipinski definition) is 0. The summed E-state index contributed by atoms with van der Waals surface area (Å²) in [7, 11) is 0. The SMILES string of the molecule is CCc1c[c-]c(-c2ccc(-c3cccc4c3C(C)(C)c3ccccc3-4)cn2)c2oc3ccccc3c12.CCc1c[c-]c(-c2ccc(-c3cccc4c3C(C)(C)c3ccccc3-4)cn2)c2oc3ccccc3c12.CCc1c[c-]c(-c2ccc(-c3cccc4c3C(C)(C)c3ccccc3-4)cn2)c2oc3ccccc3c12.[Ir+3]. The molecule has 0 unspecified atom stereocenters. The van der Waals surface area contributed by atoms with Crippen molar-refractivity contribution in [3.8, 4) is 101 Å². The van der Waals surface area contributed by atoms with Gasteiger partial charge in [0.05, 0.1) is 16.7 Å². The molecule has 18 aromatic rings. The number of aromatic nitrogens is 3. The third-order valence-electron chi connectivity index (χ3n) is 23.5. The molecule has 6 aromatic heterocycles. The Kier molecular flexibility index (Phi) is 17.0. The summed E-state index contributed by atoms with van der Waals surface area (Å²) in [4.78, 5) is 14.8. The van der Waals surface area contributed by atoms with Crippen LogP contribution in [0.15, 0.2) is 287 Å². The minimum Gasteiger partial charge on any atom is -0.501 e. The second-order valence-corrected chi connectivity index (χ2v) is 30.5. The van der Waals surface area contributed by atoms with Crippen LogP contribution in [0.5, 0.6) is 0 Å². The summed E-state index contributed by atoms with van der Waals surface area (Å²) in [6.07, 6.45) is 8.79. The molecule has 0 amide bonds. The van der Waals surface area contributed by atoms with Crippen LogP contribution < -0.4 is 0 Å². The van der Waals surface area contributed by atoms with E-state index in [0.29, 0.717) is 0 Å². The zero-order valence-corrected chi connectivity index (χ0v) is 64.9. The zero-order valence-electron chi connectivity index (χ0n) is 62.5. The second kappa shape index (κ2) is 26.8. The summed E-state index contributed by atoms with van der Waals surface area (Å²) in [6.45, 7) is 20.5. The summed E-state index contributed by atoms with van der Waals surface area (Å²) in [5.41, 5.74) is 37.6. The molecule has 0 fully saturated rings. The van der Waals surface area contributed by atoms with Crippen LogP contribution in [0.2, 0.25) is 0 Å². The van der Waals surface area contributed by atoms with Gasteiger partial charge in [-0.2, -0.15) is 0 Å². The first kappa shape index (κ1) is 68.9. The molecule has 6 nitrogen and oxygen atoms in total. The van der Waals surface area contributed by atoms with Gasteiger partial charge < -0.3 is 28.2 Å². The van der Waals surface area contributed by atoms with Crippen LogP contribution in [0, 0.1) is 18.2 Å². The number of aryl methyl sites for hydroxylation is 3. The number of fused-ring (bicyclic) bond motifs is 18. The molecule has 0 bridgehead atoms. The number of pyridine rings is 3. The van der Waals surface area contributed by atoms with Crippen LogP contribution in [0.1, 0.15) is 112 Å². The molecule has 0 radical (unpaired) electrons. The molecule has 528 valence electrons. The Labute approximate surface area is 649 Å². The fourth-order valence-electron chi connectivity index (χ4n) is 18.3. The molecule has 7 heteroatoms. The summed E-state index contributed by atoms with van der Waals surface area (Å²) >= 11 is 0. The Hall–Kier alpha value is -11.9. The molecule has 21 rings (SSSR count). The molecule has 3 aliphatic rings. The first-order chi connectivity index (χ1) is 52.7. The van der Waals surface area contributed by atoms with Gasteiger partial charge in [-0.25, -0.2) is 0 Å². The van der Waals surface area contributed by atoms with Gasteiger partial charge in [0.1, 0.15) is 16.7 Å². The maximum atomic E-state index is 6.35. The van der Waals surface area contributed by atoms with Crippen molar-refractivity contribution < 1.29 is 33.4 Å². The van der Waals surface area contributed by atoms with E-state index in [1.54, 1.807) is 0 Å². The molecular formula is C102H78IrN3O3. The maximum Gasteiger partial charge on any atom is 3.00 e. The van der Waals surface area contributed by atoms with Gasteiger partial charge in [0.2, 0.25) is 0 Å². The maximum absolute atomic E-state index is 6.35. The summed E-state index contributed by atoms with van der Waals surface area (Å²) in [5.74, 6) is 0. The van der Waals surface area contributed by atoms with E-state index >= 15 is 0 Å². The third kappa shape index (κ3) is 10.9. The first-order valence-electron chi connectivity index (χ1n) is 37.9. The number of rotatable bonds is 9. The van der Waals surface area contributed by atoms with Crippen LogP contribution >= 0.6 is 0 Å². The standard InChI is InChI=1S/3C34H26NO.Ir/c3*1-4-21-16-18-26(33-31(21)27-11-6-8-15-30(27)36-33)29-19-17-22(20-35-29)23-12-9-13-25-24-10-5-7-14-28(24)34(2,3)32(23)25;/h3*5-17,19-20H,4H2,1-3H3;/q3*-1;+3. The van der Waals surface area contributed by atoms with Crippen LogP contribution in [-0.4, -0.2) is 15.0 Å². The molecule has 3 aliphatic carbocycles. The molecule has 6 heterocycles.